The van der Waals surface area contributed by atoms with Crippen LogP contribution < -0.4 is 10.0 Å². The first-order valence-corrected chi connectivity index (χ1v) is 8.67. The summed E-state index contributed by atoms with van der Waals surface area (Å²) in [4.78, 5) is 30.7. The number of hydrogen-bond donors (Lipinski definition) is 2. The molecule has 2 N–H and O–H groups in total. The Balaban J connectivity index is 1.51. The van der Waals surface area contributed by atoms with Crippen molar-refractivity contribution in [3.8, 4) is 0 Å². The summed E-state index contributed by atoms with van der Waals surface area (Å²) in [5.41, 5.74) is 0.827. The van der Waals surface area contributed by atoms with Crippen LogP contribution in [0.5, 0.6) is 0 Å². The lowest BCUT2D eigenvalue weighted by molar-refractivity contribution is -0.130. The topological polar surface area (TPSA) is 83.6 Å². The summed E-state index contributed by atoms with van der Waals surface area (Å²) in [5.74, 6) is -0.148. The van der Waals surface area contributed by atoms with Crippen LogP contribution in [-0.4, -0.2) is 52.4 Å². The van der Waals surface area contributed by atoms with Crippen LogP contribution in [0.15, 0.2) is 24.4 Å². The molecule has 1 aromatic heterocycles. The molecule has 23 heavy (non-hydrogen) atoms. The van der Waals surface area contributed by atoms with E-state index in [-0.39, 0.29) is 35.4 Å². The van der Waals surface area contributed by atoms with Gasteiger partial charge in [0.2, 0.25) is 5.91 Å². The monoisotopic (exact) mass is 334 g/mol. The van der Waals surface area contributed by atoms with Crippen molar-refractivity contribution >= 4 is 23.9 Å². The molecular formula is C15H18N4O3S. The van der Waals surface area contributed by atoms with Crippen LogP contribution in [0.4, 0.5) is 4.79 Å². The predicted molar refractivity (Wildman–Crippen MR) is 84.5 cm³/mol. The van der Waals surface area contributed by atoms with Crippen molar-refractivity contribution in [2.24, 2.45) is 0 Å². The molecule has 3 aliphatic heterocycles. The SMILES string of the molecule is O=C1NC2C(SNC2c2ccccn2)C(=O)N1CC1CCCO1. The van der Waals surface area contributed by atoms with Crippen molar-refractivity contribution in [3.05, 3.63) is 30.1 Å². The number of urea groups is 1. The van der Waals surface area contributed by atoms with Crippen molar-refractivity contribution in [3.63, 3.8) is 0 Å². The maximum atomic E-state index is 12.7. The van der Waals surface area contributed by atoms with Gasteiger partial charge in [-0.15, -0.1) is 0 Å². The Hall–Kier alpha value is -1.64. The zero-order valence-electron chi connectivity index (χ0n) is 12.5. The number of ether oxygens (including phenoxy) is 1. The summed E-state index contributed by atoms with van der Waals surface area (Å²) in [6.45, 7) is 1.04. The second-order valence-electron chi connectivity index (χ2n) is 5.95. The molecule has 7 nitrogen and oxygen atoms in total. The minimum absolute atomic E-state index is 0.0350. The molecule has 4 heterocycles. The zero-order valence-corrected chi connectivity index (χ0v) is 13.3. The lowest BCUT2D eigenvalue weighted by atomic mass is 9.99. The molecule has 0 bridgehead atoms. The Bertz CT molecular complexity index is 608. The fraction of sp³-hybridized carbons (Fsp3) is 0.533. The molecule has 4 rings (SSSR count). The first-order chi connectivity index (χ1) is 11.2. The van der Waals surface area contributed by atoms with E-state index in [2.05, 4.69) is 15.0 Å². The van der Waals surface area contributed by atoms with Crippen LogP contribution in [0.3, 0.4) is 0 Å². The van der Waals surface area contributed by atoms with Crippen molar-refractivity contribution in [1.82, 2.24) is 19.9 Å². The molecule has 0 aromatic carbocycles. The first-order valence-electron chi connectivity index (χ1n) is 7.79. The number of amides is 3. The van der Waals surface area contributed by atoms with Gasteiger partial charge in [0.15, 0.2) is 0 Å². The lowest BCUT2D eigenvalue weighted by Gasteiger charge is -2.35. The Morgan fingerprint density at radius 2 is 2.30 bits per heavy atom. The Kier molecular flexibility index (Phi) is 3.96. The molecule has 0 aliphatic carbocycles. The molecule has 4 atom stereocenters. The van der Waals surface area contributed by atoms with Gasteiger partial charge in [-0.05, 0) is 25.0 Å². The lowest BCUT2D eigenvalue weighted by Crippen LogP contribution is -2.62. The number of rotatable bonds is 3. The van der Waals surface area contributed by atoms with E-state index in [1.54, 1.807) is 6.20 Å². The van der Waals surface area contributed by atoms with Crippen LogP contribution in [0.2, 0.25) is 0 Å². The summed E-state index contributed by atoms with van der Waals surface area (Å²) in [6.07, 6.45) is 3.56. The summed E-state index contributed by atoms with van der Waals surface area (Å²) in [6, 6.07) is 4.86. The molecule has 4 unspecified atom stereocenters. The molecule has 8 heteroatoms. The highest BCUT2D eigenvalue weighted by atomic mass is 32.2. The summed E-state index contributed by atoms with van der Waals surface area (Å²) in [7, 11) is 0. The summed E-state index contributed by atoms with van der Waals surface area (Å²) < 4.78 is 8.79. The van der Waals surface area contributed by atoms with Gasteiger partial charge in [0.1, 0.15) is 5.25 Å². The van der Waals surface area contributed by atoms with Crippen LogP contribution >= 0.6 is 11.9 Å². The molecular weight excluding hydrogens is 316 g/mol. The van der Waals surface area contributed by atoms with Gasteiger partial charge in [-0.3, -0.25) is 19.4 Å². The number of nitrogens with one attached hydrogen (secondary N) is 2. The van der Waals surface area contributed by atoms with Gasteiger partial charge in [0, 0.05) is 12.8 Å². The minimum atomic E-state index is -0.336. The maximum absolute atomic E-state index is 12.7. The number of carbonyl (C=O) groups is 2. The number of fused-ring (bicyclic) bond motifs is 1. The third-order valence-electron chi connectivity index (χ3n) is 4.47. The Morgan fingerprint density at radius 1 is 1.39 bits per heavy atom. The smallest absolute Gasteiger partial charge is 0.324 e. The van der Waals surface area contributed by atoms with Gasteiger partial charge >= 0.3 is 6.03 Å². The fourth-order valence-electron chi connectivity index (χ4n) is 3.27. The maximum Gasteiger partial charge on any atom is 0.324 e. The average molecular weight is 334 g/mol. The largest absolute Gasteiger partial charge is 0.376 e. The molecule has 3 aliphatic rings. The number of imide groups is 1. The van der Waals surface area contributed by atoms with E-state index >= 15 is 0 Å². The molecule has 3 saturated heterocycles. The molecule has 0 spiro atoms. The van der Waals surface area contributed by atoms with Gasteiger partial charge in [0.05, 0.1) is 30.4 Å². The zero-order chi connectivity index (χ0) is 15.8. The van der Waals surface area contributed by atoms with Gasteiger partial charge in [0.25, 0.3) is 0 Å². The van der Waals surface area contributed by atoms with Crippen molar-refractivity contribution in [2.45, 2.75) is 36.3 Å². The highest BCUT2D eigenvalue weighted by Crippen LogP contribution is 2.36. The van der Waals surface area contributed by atoms with Crippen molar-refractivity contribution in [1.29, 1.82) is 0 Å². The number of hydrogen-bond acceptors (Lipinski definition) is 6. The van der Waals surface area contributed by atoms with Crippen LogP contribution in [0.25, 0.3) is 0 Å². The van der Waals surface area contributed by atoms with Gasteiger partial charge in [-0.25, -0.2) is 4.79 Å². The Morgan fingerprint density at radius 3 is 3.04 bits per heavy atom. The van der Waals surface area contributed by atoms with E-state index in [0.717, 1.165) is 18.5 Å². The third kappa shape index (κ3) is 2.71. The molecule has 122 valence electrons. The van der Waals surface area contributed by atoms with Crippen molar-refractivity contribution < 1.29 is 14.3 Å². The second-order valence-corrected chi connectivity index (χ2v) is 6.93. The van der Waals surface area contributed by atoms with Crippen LogP contribution in [-0.2, 0) is 9.53 Å². The van der Waals surface area contributed by atoms with Crippen molar-refractivity contribution in [2.75, 3.05) is 13.2 Å². The summed E-state index contributed by atoms with van der Waals surface area (Å²) in [5, 5.41) is 2.64. The van der Waals surface area contributed by atoms with E-state index in [4.69, 9.17) is 4.74 Å². The molecule has 1 aromatic rings. The first kappa shape index (κ1) is 14.9. The number of aromatic nitrogens is 1. The number of pyridine rings is 1. The van der Waals surface area contributed by atoms with Gasteiger partial charge < -0.3 is 10.1 Å². The number of carbonyl (C=O) groups excluding carboxylic acids is 2. The Labute approximate surface area is 138 Å². The molecule has 0 saturated carbocycles. The van der Waals surface area contributed by atoms with E-state index < -0.39 is 0 Å². The second kappa shape index (κ2) is 6.10. The molecule has 3 fully saturated rings. The van der Waals surface area contributed by atoms with E-state index in [0.29, 0.717) is 13.2 Å². The van der Waals surface area contributed by atoms with Crippen LogP contribution in [0.1, 0.15) is 24.6 Å². The average Bonchev–Trinajstić information content (AvgIpc) is 3.22. The quantitative estimate of drug-likeness (QED) is 0.797. The third-order valence-corrected chi connectivity index (χ3v) is 5.61. The molecule has 0 radical (unpaired) electrons. The summed E-state index contributed by atoms with van der Waals surface area (Å²) >= 11 is 1.36. The highest BCUT2D eigenvalue weighted by Gasteiger charge is 2.50. The van der Waals surface area contributed by atoms with Gasteiger partial charge in [-0.1, -0.05) is 18.0 Å². The normalized spacial score (nSPS) is 33.7. The molecule has 3 amide bonds. The van der Waals surface area contributed by atoms with E-state index in [9.17, 15) is 9.59 Å². The fourth-order valence-corrected chi connectivity index (χ4v) is 4.43. The van der Waals surface area contributed by atoms with Gasteiger partial charge in [-0.2, -0.15) is 0 Å². The number of nitrogens with zero attached hydrogens (tertiary/aromatic N) is 2. The van der Waals surface area contributed by atoms with E-state index in [1.807, 2.05) is 18.2 Å². The minimum Gasteiger partial charge on any atom is -0.376 e. The van der Waals surface area contributed by atoms with Crippen LogP contribution in [0, 0.1) is 0 Å². The highest BCUT2D eigenvalue weighted by molar-refractivity contribution is 7.99. The standard InChI is InChI=1S/C15H18N4O3S/c20-14-13-12(11(18-23-13)10-5-1-2-6-16-10)17-15(21)19(14)8-9-4-3-7-22-9/h1-2,5-6,9,11-13,18H,3-4,7-8H2,(H,17,21). The van der Waals surface area contributed by atoms with E-state index in [1.165, 1.54) is 16.8 Å². The predicted octanol–water partition coefficient (Wildman–Crippen LogP) is 0.842.